The number of H-pyrrole nitrogens is 2. The van der Waals surface area contributed by atoms with E-state index in [9.17, 15) is 0 Å². The average Bonchev–Trinajstić information content (AvgIpc) is 3.68. The molecule has 0 saturated carbocycles. The summed E-state index contributed by atoms with van der Waals surface area (Å²) in [6, 6.07) is 25.4. The first-order chi connectivity index (χ1) is 22.3. The van der Waals surface area contributed by atoms with Gasteiger partial charge in [0.1, 0.15) is 17.1 Å². The molecule has 0 atom stereocenters. The predicted octanol–water partition coefficient (Wildman–Crippen LogP) is 7.41. The van der Waals surface area contributed by atoms with Crippen LogP contribution in [-0.4, -0.2) is 27.2 Å². The van der Waals surface area contributed by atoms with E-state index >= 15 is 0 Å². The molecule has 7 heteroatoms. The van der Waals surface area contributed by atoms with Gasteiger partial charge in [0.25, 0.3) is 0 Å². The largest absolute Gasteiger partial charge is 0.399 e. The Bertz CT molecular complexity index is 2600. The fraction of sp³-hybridized carbons (Fsp3) is 0.128. The average molecular weight is 598 g/mol. The van der Waals surface area contributed by atoms with Gasteiger partial charge in [0.15, 0.2) is 5.84 Å². The molecule has 7 nitrogen and oxygen atoms in total. The Morgan fingerprint density at radius 2 is 1.30 bits per heavy atom. The van der Waals surface area contributed by atoms with Crippen molar-refractivity contribution in [3.8, 4) is 0 Å². The number of nitrogens with two attached hydrogens (primary N) is 1. The normalized spacial score (nSPS) is 16.3. The number of fused-ring (bicyclic) bond motifs is 19. The zero-order chi connectivity index (χ0) is 31.3. The molecule has 46 heavy (non-hydrogen) atoms. The molecule has 9 rings (SSSR count). The van der Waals surface area contributed by atoms with Gasteiger partial charge in [0.2, 0.25) is 0 Å². The summed E-state index contributed by atoms with van der Waals surface area (Å²) in [4.78, 5) is 28.2. The number of aryl methyl sites for hydroxylation is 3. The number of nitrogens with zero attached hydrogens (tertiary/aromatic N) is 4. The van der Waals surface area contributed by atoms with Crippen LogP contribution in [0, 0.1) is 20.8 Å². The van der Waals surface area contributed by atoms with Crippen LogP contribution >= 0.6 is 0 Å². The van der Waals surface area contributed by atoms with E-state index in [0.29, 0.717) is 23.8 Å². The second kappa shape index (κ2) is 9.59. The third-order valence-corrected chi connectivity index (χ3v) is 9.30. The monoisotopic (exact) mass is 597 g/mol. The lowest BCUT2D eigenvalue weighted by atomic mass is 9.91. The minimum absolute atomic E-state index is 0.637. The van der Waals surface area contributed by atoms with Gasteiger partial charge in [-0.05, 0) is 69.7 Å². The molecule has 4 N–H and O–H groups in total. The molecular weight excluding hydrogens is 566 g/mol. The molecule has 4 heterocycles. The van der Waals surface area contributed by atoms with Crippen LogP contribution in [0.25, 0.3) is 32.8 Å². The number of nitrogen functional groups attached to an aromatic ring is 1. The molecule has 0 unspecified atom stereocenters. The Morgan fingerprint density at radius 3 is 2.15 bits per heavy atom. The first kappa shape index (κ1) is 26.6. The zero-order valence-corrected chi connectivity index (χ0v) is 26.1. The van der Waals surface area contributed by atoms with E-state index in [1.165, 1.54) is 16.7 Å². The zero-order valence-electron chi connectivity index (χ0n) is 26.1. The third kappa shape index (κ3) is 3.98. The first-order valence-corrected chi connectivity index (χ1v) is 15.6. The smallest absolute Gasteiger partial charge is 0.162 e. The number of amidine groups is 1. The number of anilines is 1. The maximum atomic E-state index is 6.30. The van der Waals surface area contributed by atoms with Crippen molar-refractivity contribution in [2.24, 2.45) is 20.0 Å². The minimum Gasteiger partial charge on any atom is -0.399 e. The van der Waals surface area contributed by atoms with Crippen LogP contribution in [0.3, 0.4) is 0 Å². The number of nitrogens with one attached hydrogen (secondary N) is 2. The molecule has 0 amide bonds. The molecule has 0 saturated heterocycles. The molecule has 6 aromatic rings. The number of rotatable bonds is 0. The number of benzene rings is 4. The summed E-state index contributed by atoms with van der Waals surface area (Å²) in [6.45, 7) is 8.50. The molecular formula is C39H31N7. The van der Waals surface area contributed by atoms with E-state index in [1.807, 2.05) is 18.2 Å². The van der Waals surface area contributed by atoms with Gasteiger partial charge in [-0.25, -0.2) is 20.0 Å². The lowest BCUT2D eigenvalue weighted by molar-refractivity contribution is 1.17. The van der Waals surface area contributed by atoms with E-state index in [0.717, 1.165) is 83.1 Å². The second-order valence-electron chi connectivity index (χ2n) is 12.6. The van der Waals surface area contributed by atoms with Gasteiger partial charge < -0.3 is 15.7 Å². The van der Waals surface area contributed by atoms with E-state index in [2.05, 4.69) is 98.3 Å². The molecule has 4 aromatic carbocycles. The fourth-order valence-electron chi connectivity index (χ4n) is 6.97. The van der Waals surface area contributed by atoms with Crippen molar-refractivity contribution in [1.82, 2.24) is 9.97 Å². The highest BCUT2D eigenvalue weighted by Gasteiger charge is 2.26. The van der Waals surface area contributed by atoms with Gasteiger partial charge in [-0.3, -0.25) is 0 Å². The fourth-order valence-corrected chi connectivity index (χ4v) is 6.97. The van der Waals surface area contributed by atoms with Gasteiger partial charge in [0.05, 0.1) is 22.5 Å². The summed E-state index contributed by atoms with van der Waals surface area (Å²) in [6.07, 6.45) is 2.81. The molecule has 1 aliphatic carbocycles. The molecule has 222 valence electrons. The van der Waals surface area contributed by atoms with Gasteiger partial charge in [-0.1, -0.05) is 59.2 Å². The molecule has 0 spiro atoms. The van der Waals surface area contributed by atoms with Crippen LogP contribution in [0.2, 0.25) is 0 Å². The molecule has 0 fully saturated rings. The third-order valence-electron chi connectivity index (χ3n) is 9.30. The number of hydrogen-bond donors (Lipinski definition) is 3. The van der Waals surface area contributed by atoms with Crippen molar-refractivity contribution in [2.45, 2.75) is 34.1 Å². The van der Waals surface area contributed by atoms with Crippen molar-refractivity contribution in [3.63, 3.8) is 0 Å². The molecule has 2 aliphatic heterocycles. The SMILES string of the molecule is C/C1=c2/[nH]c(c3ccc(C)cc23)=NC2=CCC(=Nc3[nH]c(c4ccc(N)cc34)N=C3N=C1c1cc(C)ccc13)c1cc(C)ccc12. The molecule has 2 aromatic heterocycles. The van der Waals surface area contributed by atoms with E-state index in [-0.39, 0.29) is 0 Å². The Hall–Kier alpha value is -5.82. The topological polar surface area (TPSA) is 107 Å². The van der Waals surface area contributed by atoms with Crippen LogP contribution in [-0.2, 0) is 0 Å². The van der Waals surface area contributed by atoms with Crippen molar-refractivity contribution >= 4 is 67.4 Å². The predicted molar refractivity (Wildman–Crippen MR) is 189 cm³/mol. The highest BCUT2D eigenvalue weighted by atomic mass is 15.1. The van der Waals surface area contributed by atoms with Crippen LogP contribution in [0.1, 0.15) is 52.3 Å². The summed E-state index contributed by atoms with van der Waals surface area (Å²) < 4.78 is 0. The number of aromatic nitrogens is 2. The number of allylic oxidation sites excluding steroid dienone is 1. The number of hydrogen-bond acceptors (Lipinski definition) is 5. The van der Waals surface area contributed by atoms with Crippen molar-refractivity contribution in [3.05, 3.63) is 129 Å². The van der Waals surface area contributed by atoms with Crippen LogP contribution in [0.15, 0.2) is 98.8 Å². The summed E-state index contributed by atoms with van der Waals surface area (Å²) in [7, 11) is 0. The van der Waals surface area contributed by atoms with Crippen LogP contribution < -0.4 is 16.6 Å². The number of aliphatic imine (C=N–C) groups is 3. The molecule has 3 aliphatic rings. The van der Waals surface area contributed by atoms with E-state index < -0.39 is 0 Å². The highest BCUT2D eigenvalue weighted by Crippen LogP contribution is 2.38. The Balaban J connectivity index is 1.44. The highest BCUT2D eigenvalue weighted by molar-refractivity contribution is 6.37. The standard InChI is InChI=1S/C39H31N7/c1-19-5-9-24-28(15-19)33-14-13-32(24)41-36-25-10-6-20(2)16-29(25)34(43-36)22(4)35-30-17-21(3)7-11-26(30)37(44-35)45-38-27-12-8-23(40)18-31(27)39(42-33)46-38/h5-13,15-18,46H,14,40H2,1-4H3,(H,41,43)/b34-22-,42-33?,45-37?. The Kier molecular flexibility index (Phi) is 5.54. The number of aromatic amines is 2. The summed E-state index contributed by atoms with van der Waals surface area (Å²) in [5.74, 6) is 2.10. The lowest BCUT2D eigenvalue weighted by Gasteiger charge is -2.17. The van der Waals surface area contributed by atoms with Crippen molar-refractivity contribution < 1.29 is 0 Å². The van der Waals surface area contributed by atoms with Gasteiger partial charge >= 0.3 is 0 Å². The summed E-state index contributed by atoms with van der Waals surface area (Å²) in [5.41, 5.74) is 19.4. The minimum atomic E-state index is 0.637. The maximum absolute atomic E-state index is 6.30. The van der Waals surface area contributed by atoms with Crippen molar-refractivity contribution in [1.29, 1.82) is 0 Å². The molecule has 8 bridgehead atoms. The van der Waals surface area contributed by atoms with Gasteiger partial charge in [0, 0.05) is 55.9 Å². The Morgan fingerprint density at radius 1 is 0.587 bits per heavy atom. The molecule has 0 radical (unpaired) electrons. The quantitative estimate of drug-likeness (QED) is 0.156. The van der Waals surface area contributed by atoms with Gasteiger partial charge in [-0.2, -0.15) is 0 Å². The van der Waals surface area contributed by atoms with Gasteiger partial charge in [-0.15, -0.1) is 0 Å². The van der Waals surface area contributed by atoms with Crippen molar-refractivity contribution in [2.75, 3.05) is 5.73 Å². The van der Waals surface area contributed by atoms with Crippen LogP contribution in [0.5, 0.6) is 0 Å². The van der Waals surface area contributed by atoms with Crippen LogP contribution in [0.4, 0.5) is 17.3 Å². The maximum Gasteiger partial charge on any atom is 0.162 e. The Labute approximate surface area is 265 Å². The summed E-state index contributed by atoms with van der Waals surface area (Å²) in [5, 5.41) is 5.09. The van der Waals surface area contributed by atoms with E-state index in [4.69, 9.17) is 25.7 Å². The van der Waals surface area contributed by atoms with E-state index in [1.54, 1.807) is 0 Å². The second-order valence-corrected chi connectivity index (χ2v) is 12.6. The summed E-state index contributed by atoms with van der Waals surface area (Å²) >= 11 is 0. The lowest BCUT2D eigenvalue weighted by Crippen LogP contribution is -2.17. The first-order valence-electron chi connectivity index (χ1n) is 15.6.